The van der Waals surface area contributed by atoms with E-state index in [1.54, 1.807) is 35.7 Å². The van der Waals surface area contributed by atoms with Crippen LogP contribution in [-0.4, -0.2) is 32.8 Å². The van der Waals surface area contributed by atoms with Crippen LogP contribution in [0.25, 0.3) is 0 Å². The van der Waals surface area contributed by atoms with E-state index in [1.165, 1.54) is 12.1 Å². The molecule has 4 nitrogen and oxygen atoms in total. The van der Waals surface area contributed by atoms with Gasteiger partial charge >= 0.3 is 0 Å². The number of hydrogen-bond acceptors (Lipinski definition) is 5. The molecule has 0 spiro atoms. The highest BCUT2D eigenvalue weighted by atomic mass is 32.2. The molecule has 2 aromatic rings. The van der Waals surface area contributed by atoms with E-state index in [0.717, 1.165) is 33.9 Å². The first kappa shape index (κ1) is 15.3. The minimum Gasteiger partial charge on any atom is -0.329 e. The van der Waals surface area contributed by atoms with Crippen LogP contribution >= 0.6 is 23.5 Å². The minimum absolute atomic E-state index is 0.200. The summed E-state index contributed by atoms with van der Waals surface area (Å²) in [6.45, 7) is 3.25. The fourth-order valence-electron chi connectivity index (χ4n) is 1.68. The molecular formula is C13H17FN4S2. The summed E-state index contributed by atoms with van der Waals surface area (Å²) < 4.78 is 14.8. The zero-order valence-corrected chi connectivity index (χ0v) is 12.9. The van der Waals surface area contributed by atoms with Gasteiger partial charge in [-0.1, -0.05) is 11.8 Å². The van der Waals surface area contributed by atoms with Crippen molar-refractivity contribution in [1.82, 2.24) is 14.8 Å². The Bertz CT molecular complexity index is 542. The predicted molar refractivity (Wildman–Crippen MR) is 81.7 cm³/mol. The molecule has 1 aromatic heterocycles. The first-order valence-electron chi connectivity index (χ1n) is 6.31. The number of nitrogens with zero attached hydrogens (tertiary/aromatic N) is 3. The maximum atomic E-state index is 12.8. The van der Waals surface area contributed by atoms with Crippen molar-refractivity contribution in [2.24, 2.45) is 5.73 Å². The number of hydrogen-bond donors (Lipinski definition) is 1. The van der Waals surface area contributed by atoms with Crippen molar-refractivity contribution >= 4 is 23.5 Å². The Kier molecular flexibility index (Phi) is 5.87. The van der Waals surface area contributed by atoms with Crippen LogP contribution in [0, 0.1) is 12.7 Å². The number of halogens is 1. The quantitative estimate of drug-likeness (QED) is 0.629. The maximum absolute atomic E-state index is 12.8. The zero-order chi connectivity index (χ0) is 14.4. The van der Waals surface area contributed by atoms with Crippen LogP contribution in [0.4, 0.5) is 4.39 Å². The molecule has 0 aliphatic rings. The second kappa shape index (κ2) is 7.66. The van der Waals surface area contributed by atoms with Crippen LogP contribution in [0.15, 0.2) is 34.3 Å². The average molecular weight is 312 g/mol. The molecule has 2 N–H and O–H groups in total. The number of benzene rings is 1. The molecule has 0 unspecified atom stereocenters. The van der Waals surface area contributed by atoms with Gasteiger partial charge in [0.25, 0.3) is 0 Å². The van der Waals surface area contributed by atoms with Crippen molar-refractivity contribution in [1.29, 1.82) is 0 Å². The standard InChI is InChI=1S/C13H17FN4S2/c1-10-16-17-13(18(10)7-6-15)20-9-8-19-12-4-2-11(14)3-5-12/h2-5H,6-9,15H2,1H3. The summed E-state index contributed by atoms with van der Waals surface area (Å²) in [4.78, 5) is 1.08. The molecule has 108 valence electrons. The van der Waals surface area contributed by atoms with Crippen molar-refractivity contribution in [3.05, 3.63) is 35.9 Å². The van der Waals surface area contributed by atoms with Gasteiger partial charge in [0, 0.05) is 29.5 Å². The molecule has 20 heavy (non-hydrogen) atoms. The Morgan fingerprint density at radius 1 is 1.15 bits per heavy atom. The van der Waals surface area contributed by atoms with Crippen LogP contribution in [0.3, 0.4) is 0 Å². The Morgan fingerprint density at radius 3 is 2.55 bits per heavy atom. The lowest BCUT2D eigenvalue weighted by atomic mass is 10.4. The average Bonchev–Trinajstić information content (AvgIpc) is 2.79. The number of aryl methyl sites for hydroxylation is 1. The summed E-state index contributed by atoms with van der Waals surface area (Å²) in [6, 6.07) is 6.56. The smallest absolute Gasteiger partial charge is 0.191 e. The van der Waals surface area contributed by atoms with Crippen LogP contribution < -0.4 is 5.73 Å². The van der Waals surface area contributed by atoms with Crippen molar-refractivity contribution in [2.75, 3.05) is 18.1 Å². The summed E-state index contributed by atoms with van der Waals surface area (Å²) in [5.74, 6) is 2.55. The maximum Gasteiger partial charge on any atom is 0.191 e. The molecule has 0 bridgehead atoms. The highest BCUT2D eigenvalue weighted by Crippen LogP contribution is 2.22. The summed E-state index contributed by atoms with van der Waals surface area (Å²) in [7, 11) is 0. The van der Waals surface area contributed by atoms with E-state index < -0.39 is 0 Å². The molecule has 0 aliphatic carbocycles. The first-order valence-corrected chi connectivity index (χ1v) is 8.29. The van der Waals surface area contributed by atoms with Gasteiger partial charge in [-0.05, 0) is 31.2 Å². The molecule has 0 aliphatic heterocycles. The van der Waals surface area contributed by atoms with Gasteiger partial charge in [-0.2, -0.15) is 0 Å². The van der Waals surface area contributed by atoms with Gasteiger partial charge in [0.1, 0.15) is 11.6 Å². The Labute approximate surface area is 126 Å². The fourth-order valence-corrected chi connectivity index (χ4v) is 3.57. The second-order valence-electron chi connectivity index (χ2n) is 4.12. The fraction of sp³-hybridized carbons (Fsp3) is 0.385. The van der Waals surface area contributed by atoms with Crippen molar-refractivity contribution in [3.63, 3.8) is 0 Å². The highest BCUT2D eigenvalue weighted by molar-refractivity contribution is 8.02. The summed E-state index contributed by atoms with van der Waals surface area (Å²) in [5, 5.41) is 9.13. The highest BCUT2D eigenvalue weighted by Gasteiger charge is 2.08. The molecule has 0 amide bonds. The van der Waals surface area contributed by atoms with E-state index in [0.29, 0.717) is 6.54 Å². The summed E-state index contributed by atoms with van der Waals surface area (Å²) in [5.41, 5.74) is 5.58. The van der Waals surface area contributed by atoms with E-state index in [1.807, 2.05) is 11.5 Å². The van der Waals surface area contributed by atoms with Crippen LogP contribution in [0.2, 0.25) is 0 Å². The van der Waals surface area contributed by atoms with Gasteiger partial charge in [0.05, 0.1) is 0 Å². The van der Waals surface area contributed by atoms with Gasteiger partial charge in [0.2, 0.25) is 0 Å². The third-order valence-electron chi connectivity index (χ3n) is 2.65. The Morgan fingerprint density at radius 2 is 1.85 bits per heavy atom. The molecule has 7 heteroatoms. The molecular weight excluding hydrogens is 295 g/mol. The van der Waals surface area contributed by atoms with E-state index in [2.05, 4.69) is 10.2 Å². The normalized spacial score (nSPS) is 10.9. The largest absolute Gasteiger partial charge is 0.329 e. The number of thioether (sulfide) groups is 2. The van der Waals surface area contributed by atoms with Gasteiger partial charge in [-0.25, -0.2) is 4.39 Å². The third kappa shape index (κ3) is 4.22. The number of rotatable bonds is 7. The molecule has 1 aromatic carbocycles. The first-order chi connectivity index (χ1) is 9.70. The molecule has 0 fully saturated rings. The van der Waals surface area contributed by atoms with Crippen molar-refractivity contribution in [2.45, 2.75) is 23.5 Å². The minimum atomic E-state index is -0.200. The molecule has 0 radical (unpaired) electrons. The van der Waals surface area contributed by atoms with Gasteiger partial charge in [-0.3, -0.25) is 0 Å². The number of aromatic nitrogens is 3. The monoisotopic (exact) mass is 312 g/mol. The molecule has 2 rings (SSSR count). The van der Waals surface area contributed by atoms with E-state index in [9.17, 15) is 4.39 Å². The molecule has 1 heterocycles. The van der Waals surface area contributed by atoms with E-state index >= 15 is 0 Å². The lowest BCUT2D eigenvalue weighted by Gasteiger charge is -2.06. The summed E-state index contributed by atoms with van der Waals surface area (Å²) in [6.07, 6.45) is 0. The molecule has 0 atom stereocenters. The number of nitrogens with two attached hydrogens (primary N) is 1. The second-order valence-corrected chi connectivity index (χ2v) is 6.35. The van der Waals surface area contributed by atoms with E-state index in [4.69, 9.17) is 5.73 Å². The third-order valence-corrected chi connectivity index (χ3v) is 4.89. The van der Waals surface area contributed by atoms with Crippen molar-refractivity contribution in [3.8, 4) is 0 Å². The van der Waals surface area contributed by atoms with Crippen LogP contribution in [-0.2, 0) is 6.54 Å². The predicted octanol–water partition coefficient (Wildman–Crippen LogP) is 2.57. The van der Waals surface area contributed by atoms with Gasteiger partial charge < -0.3 is 10.3 Å². The molecule has 0 saturated heterocycles. The van der Waals surface area contributed by atoms with Gasteiger partial charge in [-0.15, -0.1) is 22.0 Å². The topological polar surface area (TPSA) is 56.7 Å². The Hall–Kier alpha value is -1.05. The lowest BCUT2D eigenvalue weighted by Crippen LogP contribution is -2.12. The molecule has 0 saturated carbocycles. The van der Waals surface area contributed by atoms with E-state index in [-0.39, 0.29) is 5.82 Å². The van der Waals surface area contributed by atoms with Gasteiger partial charge in [0.15, 0.2) is 5.16 Å². The summed E-state index contributed by atoms with van der Waals surface area (Å²) >= 11 is 3.37. The van der Waals surface area contributed by atoms with Crippen molar-refractivity contribution < 1.29 is 4.39 Å². The Balaban J connectivity index is 1.80. The van der Waals surface area contributed by atoms with Crippen LogP contribution in [0.5, 0.6) is 0 Å². The zero-order valence-electron chi connectivity index (χ0n) is 11.3. The van der Waals surface area contributed by atoms with Crippen LogP contribution in [0.1, 0.15) is 5.82 Å². The lowest BCUT2D eigenvalue weighted by molar-refractivity contribution is 0.626. The SMILES string of the molecule is Cc1nnc(SCCSc2ccc(F)cc2)n1CCN.